The SMILES string of the molecule is CCCCCC(=O)Nc1n[nH]c(C(F)(F)F)n1. The molecule has 8 heteroatoms. The summed E-state index contributed by atoms with van der Waals surface area (Å²) in [5.41, 5.74) is 0. The van der Waals surface area contributed by atoms with E-state index < -0.39 is 12.0 Å². The number of alkyl halides is 3. The van der Waals surface area contributed by atoms with Crippen LogP contribution < -0.4 is 5.32 Å². The van der Waals surface area contributed by atoms with Crippen molar-refractivity contribution >= 4 is 11.9 Å². The molecule has 1 rings (SSSR count). The standard InChI is InChI=1S/C9H13F3N4O/c1-2-3-4-5-6(17)13-8-14-7(15-16-8)9(10,11)12/h2-5H2,1H3,(H2,13,14,15,16,17). The third-order valence-corrected chi connectivity index (χ3v) is 2.01. The predicted molar refractivity (Wildman–Crippen MR) is 54.2 cm³/mol. The third kappa shape index (κ3) is 4.41. The molecule has 0 fully saturated rings. The van der Waals surface area contributed by atoms with E-state index in [9.17, 15) is 18.0 Å². The van der Waals surface area contributed by atoms with E-state index in [1.54, 1.807) is 5.10 Å². The smallest absolute Gasteiger partial charge is 0.293 e. The Kier molecular flexibility index (Phi) is 4.47. The minimum atomic E-state index is -4.59. The van der Waals surface area contributed by atoms with Gasteiger partial charge < -0.3 is 0 Å². The molecule has 0 aliphatic rings. The molecular formula is C9H13F3N4O. The van der Waals surface area contributed by atoms with Crippen molar-refractivity contribution in [3.05, 3.63) is 5.82 Å². The van der Waals surface area contributed by atoms with Gasteiger partial charge in [0.05, 0.1) is 0 Å². The number of carbonyl (C=O) groups excluding carboxylic acids is 1. The molecule has 17 heavy (non-hydrogen) atoms. The van der Waals surface area contributed by atoms with E-state index >= 15 is 0 Å². The zero-order chi connectivity index (χ0) is 12.9. The van der Waals surface area contributed by atoms with Crippen molar-refractivity contribution < 1.29 is 18.0 Å². The first-order valence-electron chi connectivity index (χ1n) is 5.23. The lowest BCUT2D eigenvalue weighted by Gasteiger charge is -2.00. The fraction of sp³-hybridized carbons (Fsp3) is 0.667. The van der Waals surface area contributed by atoms with Gasteiger partial charge in [0.15, 0.2) is 0 Å². The molecule has 1 aromatic heterocycles. The molecule has 0 atom stereocenters. The van der Waals surface area contributed by atoms with E-state index in [-0.39, 0.29) is 18.3 Å². The fourth-order valence-corrected chi connectivity index (χ4v) is 1.17. The van der Waals surface area contributed by atoms with Crippen LogP contribution in [0.3, 0.4) is 0 Å². The minimum Gasteiger partial charge on any atom is -0.293 e. The first kappa shape index (κ1) is 13.5. The Morgan fingerprint density at radius 3 is 2.65 bits per heavy atom. The van der Waals surface area contributed by atoms with Crippen LogP contribution in [0.25, 0.3) is 0 Å². The highest BCUT2D eigenvalue weighted by molar-refractivity contribution is 5.88. The number of rotatable bonds is 5. The Bertz CT molecular complexity index is 375. The zero-order valence-electron chi connectivity index (χ0n) is 9.26. The van der Waals surface area contributed by atoms with Crippen molar-refractivity contribution in [2.75, 3.05) is 5.32 Å². The van der Waals surface area contributed by atoms with Crippen molar-refractivity contribution in [3.8, 4) is 0 Å². The second kappa shape index (κ2) is 5.65. The predicted octanol–water partition coefficient (Wildman–Crippen LogP) is 2.34. The van der Waals surface area contributed by atoms with Gasteiger partial charge in [-0.25, -0.2) is 0 Å². The molecule has 0 unspecified atom stereocenters. The van der Waals surface area contributed by atoms with Crippen molar-refractivity contribution in [3.63, 3.8) is 0 Å². The maximum Gasteiger partial charge on any atom is 0.451 e. The lowest BCUT2D eigenvalue weighted by molar-refractivity contribution is -0.144. The molecular weight excluding hydrogens is 237 g/mol. The topological polar surface area (TPSA) is 70.7 Å². The molecule has 2 N–H and O–H groups in total. The molecule has 1 aromatic rings. The molecule has 0 spiro atoms. The molecule has 0 aliphatic heterocycles. The number of halogens is 3. The van der Waals surface area contributed by atoms with E-state index in [2.05, 4.69) is 15.4 Å². The quantitative estimate of drug-likeness (QED) is 0.788. The Balaban J connectivity index is 2.46. The number of aromatic nitrogens is 3. The number of unbranched alkanes of at least 4 members (excludes halogenated alkanes) is 2. The average Bonchev–Trinajstić information content (AvgIpc) is 2.66. The van der Waals surface area contributed by atoms with Gasteiger partial charge in [-0.1, -0.05) is 19.8 Å². The number of anilines is 1. The summed E-state index contributed by atoms with van der Waals surface area (Å²) in [6, 6.07) is 0. The molecule has 0 aliphatic carbocycles. The van der Waals surface area contributed by atoms with Crippen molar-refractivity contribution in [1.82, 2.24) is 15.2 Å². The van der Waals surface area contributed by atoms with Gasteiger partial charge in [0.25, 0.3) is 0 Å². The maximum atomic E-state index is 12.1. The third-order valence-electron chi connectivity index (χ3n) is 2.01. The summed E-state index contributed by atoms with van der Waals surface area (Å²) < 4.78 is 36.4. The van der Waals surface area contributed by atoms with Crippen LogP contribution in [-0.4, -0.2) is 21.1 Å². The number of amides is 1. The van der Waals surface area contributed by atoms with E-state index in [1.165, 1.54) is 0 Å². The molecule has 0 saturated carbocycles. The van der Waals surface area contributed by atoms with Crippen LogP contribution in [0.4, 0.5) is 19.1 Å². The number of hydrogen-bond donors (Lipinski definition) is 2. The monoisotopic (exact) mass is 250 g/mol. The van der Waals surface area contributed by atoms with Crippen LogP contribution in [0.1, 0.15) is 38.4 Å². The Labute approximate surface area is 95.8 Å². The second-order valence-electron chi connectivity index (χ2n) is 3.51. The van der Waals surface area contributed by atoms with Gasteiger partial charge in [0, 0.05) is 6.42 Å². The van der Waals surface area contributed by atoms with Gasteiger partial charge in [0.2, 0.25) is 17.7 Å². The van der Waals surface area contributed by atoms with Crippen LogP contribution in [0.5, 0.6) is 0 Å². The number of H-pyrrole nitrogens is 1. The van der Waals surface area contributed by atoms with E-state index in [1.807, 2.05) is 6.92 Å². The molecule has 0 bridgehead atoms. The van der Waals surface area contributed by atoms with Crippen molar-refractivity contribution in [2.45, 2.75) is 38.8 Å². The highest BCUT2D eigenvalue weighted by Crippen LogP contribution is 2.26. The highest BCUT2D eigenvalue weighted by Gasteiger charge is 2.35. The molecule has 5 nitrogen and oxygen atoms in total. The molecule has 0 radical (unpaired) electrons. The molecule has 1 heterocycles. The van der Waals surface area contributed by atoms with Crippen molar-refractivity contribution in [1.29, 1.82) is 0 Å². The van der Waals surface area contributed by atoms with Gasteiger partial charge in [-0.15, -0.1) is 5.10 Å². The summed E-state index contributed by atoms with van der Waals surface area (Å²) in [4.78, 5) is 14.4. The normalized spacial score (nSPS) is 11.5. The molecule has 0 saturated heterocycles. The first-order valence-corrected chi connectivity index (χ1v) is 5.23. The first-order chi connectivity index (χ1) is 7.93. The Morgan fingerprint density at radius 2 is 2.12 bits per heavy atom. The highest BCUT2D eigenvalue weighted by atomic mass is 19.4. The number of aromatic amines is 1. The Morgan fingerprint density at radius 1 is 1.41 bits per heavy atom. The number of carbonyl (C=O) groups is 1. The van der Waals surface area contributed by atoms with E-state index in [0.717, 1.165) is 12.8 Å². The molecule has 96 valence electrons. The Hall–Kier alpha value is -1.60. The average molecular weight is 250 g/mol. The van der Waals surface area contributed by atoms with E-state index in [4.69, 9.17) is 0 Å². The van der Waals surface area contributed by atoms with Gasteiger partial charge in [-0.05, 0) is 6.42 Å². The van der Waals surface area contributed by atoms with Crippen LogP contribution in [0.15, 0.2) is 0 Å². The second-order valence-corrected chi connectivity index (χ2v) is 3.51. The van der Waals surface area contributed by atoms with Crippen LogP contribution >= 0.6 is 0 Å². The summed E-state index contributed by atoms with van der Waals surface area (Å²) in [6.45, 7) is 1.99. The van der Waals surface area contributed by atoms with Gasteiger partial charge >= 0.3 is 6.18 Å². The lowest BCUT2D eigenvalue weighted by atomic mass is 10.2. The minimum absolute atomic E-state index is 0.254. The summed E-state index contributed by atoms with van der Waals surface area (Å²) in [6.07, 6.45) is -1.78. The number of hydrogen-bond acceptors (Lipinski definition) is 3. The number of nitrogens with one attached hydrogen (secondary N) is 2. The summed E-state index contributed by atoms with van der Waals surface area (Å²) in [7, 11) is 0. The summed E-state index contributed by atoms with van der Waals surface area (Å²) >= 11 is 0. The van der Waals surface area contributed by atoms with Gasteiger partial charge in [-0.2, -0.15) is 18.2 Å². The van der Waals surface area contributed by atoms with Crippen LogP contribution in [-0.2, 0) is 11.0 Å². The van der Waals surface area contributed by atoms with Crippen LogP contribution in [0, 0.1) is 0 Å². The summed E-state index contributed by atoms with van der Waals surface area (Å²) in [5.74, 6) is -1.95. The summed E-state index contributed by atoms with van der Waals surface area (Å²) in [5, 5.41) is 7.18. The molecule has 1 amide bonds. The molecule has 0 aromatic carbocycles. The van der Waals surface area contributed by atoms with Crippen LogP contribution in [0.2, 0.25) is 0 Å². The largest absolute Gasteiger partial charge is 0.451 e. The number of nitrogens with zero attached hydrogens (tertiary/aromatic N) is 2. The zero-order valence-corrected chi connectivity index (χ0v) is 9.26. The van der Waals surface area contributed by atoms with E-state index in [0.29, 0.717) is 6.42 Å². The fourth-order valence-electron chi connectivity index (χ4n) is 1.17. The van der Waals surface area contributed by atoms with Gasteiger partial charge in [-0.3, -0.25) is 15.2 Å². The maximum absolute atomic E-state index is 12.1. The lowest BCUT2D eigenvalue weighted by Crippen LogP contribution is -2.12. The van der Waals surface area contributed by atoms with Crippen molar-refractivity contribution in [2.24, 2.45) is 0 Å². The van der Waals surface area contributed by atoms with Gasteiger partial charge in [0.1, 0.15) is 0 Å².